The van der Waals surface area contributed by atoms with Crippen LogP contribution in [-0.2, 0) is 29.2 Å². The van der Waals surface area contributed by atoms with Crippen LogP contribution in [0.3, 0.4) is 0 Å². The molecule has 0 amide bonds. The van der Waals surface area contributed by atoms with Crippen LogP contribution in [0.1, 0.15) is 29.2 Å². The lowest BCUT2D eigenvalue weighted by molar-refractivity contribution is -0.142. The van der Waals surface area contributed by atoms with E-state index in [4.69, 9.17) is 4.74 Å². The van der Waals surface area contributed by atoms with Crippen LogP contribution >= 0.6 is 11.8 Å². The van der Waals surface area contributed by atoms with Gasteiger partial charge in [-0.15, -0.1) is 0 Å². The average Bonchev–Trinajstić information content (AvgIpc) is 2.74. The van der Waals surface area contributed by atoms with E-state index in [1.165, 1.54) is 28.5 Å². The SMILES string of the molecule is CC(=O)OCc1cccc(CNCc2ccc(SC=Cc3ccccc3)cc2)c1. The van der Waals surface area contributed by atoms with E-state index >= 15 is 0 Å². The van der Waals surface area contributed by atoms with Crippen molar-refractivity contribution in [1.82, 2.24) is 5.32 Å². The van der Waals surface area contributed by atoms with E-state index in [0.717, 1.165) is 18.7 Å². The summed E-state index contributed by atoms with van der Waals surface area (Å²) in [6.07, 6.45) is 2.12. The largest absolute Gasteiger partial charge is 0.461 e. The molecule has 0 saturated heterocycles. The van der Waals surface area contributed by atoms with Crippen LogP contribution < -0.4 is 5.32 Å². The minimum absolute atomic E-state index is 0.259. The van der Waals surface area contributed by atoms with Crippen LogP contribution in [0.5, 0.6) is 0 Å². The van der Waals surface area contributed by atoms with Crippen molar-refractivity contribution in [2.24, 2.45) is 0 Å². The Morgan fingerprint density at radius 3 is 2.38 bits per heavy atom. The molecule has 0 radical (unpaired) electrons. The maximum Gasteiger partial charge on any atom is 0.302 e. The molecule has 0 aliphatic carbocycles. The molecule has 0 aliphatic rings. The molecule has 3 aromatic carbocycles. The van der Waals surface area contributed by atoms with Gasteiger partial charge >= 0.3 is 5.97 Å². The smallest absolute Gasteiger partial charge is 0.302 e. The van der Waals surface area contributed by atoms with E-state index < -0.39 is 0 Å². The molecule has 0 aliphatic heterocycles. The third-order valence-corrected chi connectivity index (χ3v) is 5.10. The van der Waals surface area contributed by atoms with Crippen molar-refractivity contribution >= 4 is 23.8 Å². The molecule has 1 N–H and O–H groups in total. The van der Waals surface area contributed by atoms with Gasteiger partial charge in [-0.25, -0.2) is 0 Å². The highest BCUT2D eigenvalue weighted by molar-refractivity contribution is 8.02. The zero-order valence-corrected chi connectivity index (χ0v) is 17.3. The second-order valence-corrected chi connectivity index (χ2v) is 7.66. The Hall–Kier alpha value is -2.82. The molecule has 0 saturated carbocycles. The molecule has 0 aromatic heterocycles. The number of hydrogen-bond acceptors (Lipinski definition) is 4. The van der Waals surface area contributed by atoms with Gasteiger partial charge in [0.2, 0.25) is 0 Å². The Labute approximate surface area is 176 Å². The van der Waals surface area contributed by atoms with Crippen LogP contribution in [0.2, 0.25) is 0 Å². The second kappa shape index (κ2) is 11.2. The Kier molecular flexibility index (Phi) is 8.11. The van der Waals surface area contributed by atoms with Crippen molar-refractivity contribution in [1.29, 1.82) is 0 Å². The number of esters is 1. The molecule has 0 heterocycles. The Morgan fingerprint density at radius 1 is 0.897 bits per heavy atom. The van der Waals surface area contributed by atoms with E-state index in [2.05, 4.69) is 65.3 Å². The Balaban J connectivity index is 1.44. The van der Waals surface area contributed by atoms with Crippen molar-refractivity contribution in [2.75, 3.05) is 0 Å². The summed E-state index contributed by atoms with van der Waals surface area (Å²) >= 11 is 1.72. The van der Waals surface area contributed by atoms with Gasteiger partial charge in [0.05, 0.1) is 0 Å². The molecule has 0 fully saturated rings. The van der Waals surface area contributed by atoms with E-state index in [0.29, 0.717) is 6.61 Å². The molecule has 0 atom stereocenters. The second-order valence-electron chi connectivity index (χ2n) is 6.68. The van der Waals surface area contributed by atoms with Gasteiger partial charge in [0.15, 0.2) is 0 Å². The highest BCUT2D eigenvalue weighted by Gasteiger charge is 2.00. The van der Waals surface area contributed by atoms with Crippen molar-refractivity contribution in [3.05, 3.63) is 107 Å². The lowest BCUT2D eigenvalue weighted by Crippen LogP contribution is -2.12. The molecular formula is C25H25NO2S. The molecule has 3 aromatic rings. The number of carbonyl (C=O) groups excluding carboxylic acids is 1. The number of rotatable bonds is 9. The number of ether oxygens (including phenoxy) is 1. The van der Waals surface area contributed by atoms with E-state index in [1.54, 1.807) is 11.8 Å². The number of benzene rings is 3. The normalized spacial score (nSPS) is 10.9. The monoisotopic (exact) mass is 403 g/mol. The third kappa shape index (κ3) is 7.60. The number of carbonyl (C=O) groups is 1. The predicted octanol–water partition coefficient (Wildman–Crippen LogP) is 5.80. The zero-order valence-electron chi connectivity index (χ0n) is 16.5. The minimum Gasteiger partial charge on any atom is -0.461 e. The number of hydrogen-bond donors (Lipinski definition) is 1. The molecular weight excluding hydrogens is 378 g/mol. The lowest BCUT2D eigenvalue weighted by Gasteiger charge is -2.08. The van der Waals surface area contributed by atoms with Crippen LogP contribution in [-0.4, -0.2) is 5.97 Å². The maximum atomic E-state index is 10.9. The molecule has 0 bridgehead atoms. The third-order valence-electron chi connectivity index (χ3n) is 4.28. The summed E-state index contributed by atoms with van der Waals surface area (Å²) in [5.41, 5.74) is 4.63. The maximum absolute atomic E-state index is 10.9. The lowest BCUT2D eigenvalue weighted by atomic mass is 10.1. The summed E-state index contributed by atoms with van der Waals surface area (Å²) < 4.78 is 5.05. The van der Waals surface area contributed by atoms with Gasteiger partial charge in [-0.05, 0) is 45.9 Å². The van der Waals surface area contributed by atoms with Gasteiger partial charge < -0.3 is 10.1 Å². The summed E-state index contributed by atoms with van der Waals surface area (Å²) in [4.78, 5) is 12.2. The zero-order chi connectivity index (χ0) is 20.3. The highest BCUT2D eigenvalue weighted by atomic mass is 32.2. The van der Waals surface area contributed by atoms with Gasteiger partial charge in [0.1, 0.15) is 6.61 Å². The number of nitrogens with one attached hydrogen (secondary N) is 1. The Morgan fingerprint density at radius 2 is 1.62 bits per heavy atom. The van der Waals surface area contributed by atoms with Gasteiger partial charge in [-0.1, -0.05) is 78.5 Å². The van der Waals surface area contributed by atoms with E-state index in [-0.39, 0.29) is 5.97 Å². The van der Waals surface area contributed by atoms with Crippen LogP contribution in [0, 0.1) is 0 Å². The number of thioether (sulfide) groups is 1. The van der Waals surface area contributed by atoms with Crippen molar-refractivity contribution in [3.8, 4) is 0 Å². The van der Waals surface area contributed by atoms with Gasteiger partial charge in [-0.2, -0.15) is 0 Å². The van der Waals surface area contributed by atoms with E-state index in [9.17, 15) is 4.79 Å². The fourth-order valence-electron chi connectivity index (χ4n) is 2.81. The van der Waals surface area contributed by atoms with Crippen molar-refractivity contribution in [3.63, 3.8) is 0 Å². The summed E-state index contributed by atoms with van der Waals surface area (Å²) in [6, 6.07) is 27.0. The first kappa shape index (κ1) is 20.9. The molecule has 3 rings (SSSR count). The quantitative estimate of drug-likeness (QED) is 0.362. The fraction of sp³-hybridized carbons (Fsp3) is 0.160. The molecule has 3 nitrogen and oxygen atoms in total. The Bertz CT molecular complexity index is 937. The van der Waals surface area contributed by atoms with Crippen LogP contribution in [0.25, 0.3) is 6.08 Å². The molecule has 4 heteroatoms. The van der Waals surface area contributed by atoms with Gasteiger partial charge in [0, 0.05) is 24.9 Å². The van der Waals surface area contributed by atoms with E-state index in [1.807, 2.05) is 30.3 Å². The van der Waals surface area contributed by atoms with Gasteiger partial charge in [0.25, 0.3) is 0 Å². The van der Waals surface area contributed by atoms with Crippen LogP contribution in [0.4, 0.5) is 0 Å². The minimum atomic E-state index is -0.259. The predicted molar refractivity (Wildman–Crippen MR) is 120 cm³/mol. The first-order valence-corrected chi connectivity index (χ1v) is 10.5. The fourth-order valence-corrected chi connectivity index (χ4v) is 3.48. The average molecular weight is 404 g/mol. The van der Waals surface area contributed by atoms with Crippen molar-refractivity contribution < 1.29 is 9.53 Å². The summed E-state index contributed by atoms with van der Waals surface area (Å²) in [7, 11) is 0. The first-order valence-electron chi connectivity index (χ1n) is 9.58. The summed E-state index contributed by atoms with van der Waals surface area (Å²) in [5.74, 6) is -0.259. The molecule has 29 heavy (non-hydrogen) atoms. The molecule has 0 unspecified atom stereocenters. The highest BCUT2D eigenvalue weighted by Crippen LogP contribution is 2.21. The summed E-state index contributed by atoms with van der Waals surface area (Å²) in [6.45, 7) is 3.32. The molecule has 148 valence electrons. The first-order chi connectivity index (χ1) is 14.2. The molecule has 0 spiro atoms. The van der Waals surface area contributed by atoms with Crippen LogP contribution in [0.15, 0.2) is 89.2 Å². The summed E-state index contributed by atoms with van der Waals surface area (Å²) in [5, 5.41) is 5.58. The topological polar surface area (TPSA) is 38.3 Å². The standard InChI is InChI=1S/C25H25NO2S/c1-20(27)28-19-24-9-5-8-23(16-24)18-26-17-22-10-12-25(13-11-22)29-15-14-21-6-3-2-4-7-21/h2-16,26H,17-19H2,1H3. The van der Waals surface area contributed by atoms with Gasteiger partial charge in [-0.3, -0.25) is 4.79 Å². The van der Waals surface area contributed by atoms with Crippen molar-refractivity contribution in [2.45, 2.75) is 31.5 Å².